The van der Waals surface area contributed by atoms with Gasteiger partial charge >= 0.3 is 0 Å². The van der Waals surface area contributed by atoms with Gasteiger partial charge in [-0.05, 0) is 37.5 Å². The molecule has 1 aliphatic rings. The fourth-order valence-corrected chi connectivity index (χ4v) is 3.65. The SMILES string of the molecule is CCC(C)NC(=O)C1CC(c2ccccc2)CN(C(=O)c2ccccc2)C1. The predicted molar refractivity (Wildman–Crippen MR) is 108 cm³/mol. The Balaban J connectivity index is 1.82. The Hall–Kier alpha value is -2.62. The van der Waals surface area contributed by atoms with Gasteiger partial charge in [0.15, 0.2) is 0 Å². The summed E-state index contributed by atoms with van der Waals surface area (Å²) in [6.45, 7) is 5.19. The molecule has 0 bridgehead atoms. The lowest BCUT2D eigenvalue weighted by atomic mass is 9.83. The van der Waals surface area contributed by atoms with Gasteiger partial charge in [-0.1, -0.05) is 55.5 Å². The summed E-state index contributed by atoms with van der Waals surface area (Å²) in [7, 11) is 0. The molecule has 0 radical (unpaired) electrons. The smallest absolute Gasteiger partial charge is 0.253 e. The Kier molecular flexibility index (Phi) is 6.28. The summed E-state index contributed by atoms with van der Waals surface area (Å²) in [6.07, 6.45) is 1.66. The summed E-state index contributed by atoms with van der Waals surface area (Å²) in [5, 5.41) is 3.09. The second-order valence-electron chi connectivity index (χ2n) is 7.43. The van der Waals surface area contributed by atoms with Crippen LogP contribution in [0.5, 0.6) is 0 Å². The molecule has 1 saturated heterocycles. The van der Waals surface area contributed by atoms with Crippen LogP contribution in [0, 0.1) is 5.92 Å². The lowest BCUT2D eigenvalue weighted by Crippen LogP contribution is -2.49. The molecule has 0 saturated carbocycles. The van der Waals surface area contributed by atoms with E-state index in [0.717, 1.165) is 12.8 Å². The molecule has 27 heavy (non-hydrogen) atoms. The second-order valence-corrected chi connectivity index (χ2v) is 7.43. The third-order valence-corrected chi connectivity index (χ3v) is 5.40. The summed E-state index contributed by atoms with van der Waals surface area (Å²) in [5.74, 6) is 0.0272. The molecule has 1 fully saturated rings. The minimum atomic E-state index is -0.189. The first kappa shape index (κ1) is 19.2. The third kappa shape index (κ3) is 4.76. The molecule has 3 unspecified atom stereocenters. The van der Waals surface area contributed by atoms with Crippen LogP contribution in [0.15, 0.2) is 60.7 Å². The zero-order valence-corrected chi connectivity index (χ0v) is 16.1. The van der Waals surface area contributed by atoms with Crippen molar-refractivity contribution in [2.75, 3.05) is 13.1 Å². The average molecular weight is 364 g/mol. The molecule has 4 nitrogen and oxygen atoms in total. The minimum absolute atomic E-state index is 0.00225. The topological polar surface area (TPSA) is 49.4 Å². The van der Waals surface area contributed by atoms with Crippen LogP contribution in [0.4, 0.5) is 0 Å². The minimum Gasteiger partial charge on any atom is -0.353 e. The summed E-state index contributed by atoms with van der Waals surface area (Å²) < 4.78 is 0. The van der Waals surface area contributed by atoms with Crippen LogP contribution in [0.2, 0.25) is 0 Å². The number of likely N-dealkylation sites (tertiary alicyclic amines) is 1. The number of carbonyl (C=O) groups is 2. The van der Waals surface area contributed by atoms with E-state index in [4.69, 9.17) is 0 Å². The van der Waals surface area contributed by atoms with E-state index >= 15 is 0 Å². The standard InChI is InChI=1S/C23H28N2O2/c1-3-17(2)24-22(26)21-14-20(18-10-6-4-7-11-18)15-25(16-21)23(27)19-12-8-5-9-13-19/h4-13,17,20-21H,3,14-16H2,1-2H3,(H,24,26). The number of amides is 2. The first-order valence-electron chi connectivity index (χ1n) is 9.78. The molecule has 3 rings (SSSR count). The van der Waals surface area contributed by atoms with E-state index in [1.54, 1.807) is 0 Å². The van der Waals surface area contributed by atoms with E-state index in [9.17, 15) is 9.59 Å². The van der Waals surface area contributed by atoms with Crippen LogP contribution in [-0.2, 0) is 4.79 Å². The number of rotatable bonds is 5. The summed E-state index contributed by atoms with van der Waals surface area (Å²) in [4.78, 5) is 27.7. The lowest BCUT2D eigenvalue weighted by molar-refractivity contribution is -0.127. The molecular formula is C23H28N2O2. The number of hydrogen-bond acceptors (Lipinski definition) is 2. The molecule has 2 aromatic rings. The largest absolute Gasteiger partial charge is 0.353 e. The Bertz CT molecular complexity index is 760. The van der Waals surface area contributed by atoms with Crippen molar-refractivity contribution in [3.63, 3.8) is 0 Å². The van der Waals surface area contributed by atoms with Crippen molar-refractivity contribution in [3.05, 3.63) is 71.8 Å². The highest BCUT2D eigenvalue weighted by atomic mass is 16.2. The molecule has 3 atom stereocenters. The van der Waals surface area contributed by atoms with E-state index in [1.165, 1.54) is 5.56 Å². The molecule has 142 valence electrons. The van der Waals surface area contributed by atoms with Crippen molar-refractivity contribution < 1.29 is 9.59 Å². The number of nitrogens with zero attached hydrogens (tertiary/aromatic N) is 1. The number of hydrogen-bond donors (Lipinski definition) is 1. The van der Waals surface area contributed by atoms with Crippen molar-refractivity contribution in [1.29, 1.82) is 0 Å². The maximum absolute atomic E-state index is 13.0. The summed E-state index contributed by atoms with van der Waals surface area (Å²) >= 11 is 0. The highest BCUT2D eigenvalue weighted by molar-refractivity contribution is 5.94. The van der Waals surface area contributed by atoms with Crippen molar-refractivity contribution in [2.24, 2.45) is 5.92 Å². The monoisotopic (exact) mass is 364 g/mol. The van der Waals surface area contributed by atoms with Gasteiger partial charge in [-0.2, -0.15) is 0 Å². The molecule has 1 aliphatic heterocycles. The number of nitrogens with one attached hydrogen (secondary N) is 1. The fourth-order valence-electron chi connectivity index (χ4n) is 3.65. The van der Waals surface area contributed by atoms with Crippen molar-refractivity contribution in [3.8, 4) is 0 Å². The van der Waals surface area contributed by atoms with Gasteiger partial charge in [-0.25, -0.2) is 0 Å². The van der Waals surface area contributed by atoms with Gasteiger partial charge in [-0.15, -0.1) is 0 Å². The van der Waals surface area contributed by atoms with E-state index in [0.29, 0.717) is 18.7 Å². The Morgan fingerprint density at radius 1 is 1.04 bits per heavy atom. The quantitative estimate of drug-likeness (QED) is 0.876. The van der Waals surface area contributed by atoms with Gasteiger partial charge in [0.1, 0.15) is 0 Å². The van der Waals surface area contributed by atoms with Crippen LogP contribution in [0.3, 0.4) is 0 Å². The second kappa shape index (κ2) is 8.85. The first-order valence-corrected chi connectivity index (χ1v) is 9.78. The maximum atomic E-state index is 13.0. The van der Waals surface area contributed by atoms with Crippen LogP contribution >= 0.6 is 0 Å². The molecular weight excluding hydrogens is 336 g/mol. The van der Waals surface area contributed by atoms with Crippen LogP contribution < -0.4 is 5.32 Å². The number of carbonyl (C=O) groups excluding carboxylic acids is 2. The summed E-state index contributed by atoms with van der Waals surface area (Å²) in [6, 6.07) is 19.7. The fraction of sp³-hybridized carbons (Fsp3) is 0.391. The van der Waals surface area contributed by atoms with E-state index in [1.807, 2.05) is 60.4 Å². The zero-order valence-electron chi connectivity index (χ0n) is 16.1. The lowest BCUT2D eigenvalue weighted by Gasteiger charge is -2.38. The molecule has 1 heterocycles. The van der Waals surface area contributed by atoms with Crippen molar-refractivity contribution >= 4 is 11.8 Å². The Labute approximate surface area is 161 Å². The van der Waals surface area contributed by atoms with Gasteiger partial charge < -0.3 is 10.2 Å². The average Bonchev–Trinajstić information content (AvgIpc) is 2.74. The Morgan fingerprint density at radius 3 is 2.30 bits per heavy atom. The van der Waals surface area contributed by atoms with E-state index in [-0.39, 0.29) is 29.7 Å². The van der Waals surface area contributed by atoms with Gasteiger partial charge in [0.05, 0.1) is 5.92 Å². The van der Waals surface area contributed by atoms with Gasteiger partial charge in [0, 0.05) is 30.6 Å². The van der Waals surface area contributed by atoms with Gasteiger partial charge in [-0.3, -0.25) is 9.59 Å². The van der Waals surface area contributed by atoms with Crippen LogP contribution in [0.25, 0.3) is 0 Å². The zero-order chi connectivity index (χ0) is 19.2. The highest BCUT2D eigenvalue weighted by Crippen LogP contribution is 2.31. The number of benzene rings is 2. The van der Waals surface area contributed by atoms with Crippen LogP contribution in [0.1, 0.15) is 48.5 Å². The molecule has 0 aromatic heterocycles. The van der Waals surface area contributed by atoms with E-state index in [2.05, 4.69) is 24.4 Å². The molecule has 0 aliphatic carbocycles. The normalized spacial score (nSPS) is 20.7. The number of piperidine rings is 1. The van der Waals surface area contributed by atoms with Gasteiger partial charge in [0.2, 0.25) is 5.91 Å². The first-order chi connectivity index (χ1) is 13.1. The molecule has 2 amide bonds. The van der Waals surface area contributed by atoms with Crippen LogP contribution in [-0.4, -0.2) is 35.8 Å². The molecule has 4 heteroatoms. The highest BCUT2D eigenvalue weighted by Gasteiger charge is 2.35. The van der Waals surface area contributed by atoms with Crippen molar-refractivity contribution in [1.82, 2.24) is 10.2 Å². The Morgan fingerprint density at radius 2 is 1.67 bits per heavy atom. The molecule has 1 N–H and O–H groups in total. The van der Waals surface area contributed by atoms with E-state index < -0.39 is 0 Å². The third-order valence-electron chi connectivity index (χ3n) is 5.40. The molecule has 2 aromatic carbocycles. The van der Waals surface area contributed by atoms with Gasteiger partial charge in [0.25, 0.3) is 5.91 Å². The summed E-state index contributed by atoms with van der Waals surface area (Å²) in [5.41, 5.74) is 1.86. The predicted octanol–water partition coefficient (Wildman–Crippen LogP) is 3.85. The molecule has 0 spiro atoms. The maximum Gasteiger partial charge on any atom is 0.253 e. The van der Waals surface area contributed by atoms with Crippen molar-refractivity contribution in [2.45, 2.75) is 38.6 Å².